The van der Waals surface area contributed by atoms with Crippen LogP contribution >= 0.6 is 23.1 Å². The largest absolute Gasteiger partial charge is 0.494 e. The van der Waals surface area contributed by atoms with E-state index >= 15 is 0 Å². The molecule has 4 aromatic rings. The molecule has 8 heteroatoms. The van der Waals surface area contributed by atoms with E-state index in [1.165, 1.54) is 28.6 Å². The predicted octanol–water partition coefficient (Wildman–Crippen LogP) is 5.66. The van der Waals surface area contributed by atoms with E-state index in [9.17, 15) is 4.79 Å². The van der Waals surface area contributed by atoms with Gasteiger partial charge in [0.05, 0.1) is 17.7 Å². The average Bonchev–Trinajstić information content (AvgIpc) is 3.27. The monoisotopic (exact) mass is 506 g/mol. The second-order valence-corrected chi connectivity index (χ2v) is 10.7. The molecule has 1 aliphatic heterocycles. The summed E-state index contributed by atoms with van der Waals surface area (Å²) in [6.45, 7) is 3.02. The van der Waals surface area contributed by atoms with E-state index in [-0.39, 0.29) is 11.7 Å². The van der Waals surface area contributed by atoms with Crippen LogP contribution in [0.1, 0.15) is 30.2 Å². The minimum Gasteiger partial charge on any atom is -0.494 e. The molecular weight excluding hydrogens is 480 g/mol. The van der Waals surface area contributed by atoms with Crippen LogP contribution in [0.25, 0.3) is 15.9 Å². The highest BCUT2D eigenvalue weighted by atomic mass is 32.2. The van der Waals surface area contributed by atoms with E-state index < -0.39 is 0 Å². The van der Waals surface area contributed by atoms with Crippen LogP contribution in [-0.4, -0.2) is 34.6 Å². The summed E-state index contributed by atoms with van der Waals surface area (Å²) < 4.78 is 19.4. The summed E-state index contributed by atoms with van der Waals surface area (Å²) >= 11 is 3.21. The molecule has 0 spiro atoms. The standard InChI is InChI=1S/C27H26N2O4S2/c1-2-31-18-13-11-17(12-14-18)29-26(30)24-20-7-3-6-10-23(20)35-25(24)28-27(29)34-16-19-15-32-21-8-4-5-9-22(21)33-19/h4-5,8-9,11-14,19H,2-3,6-7,10,15-16H2,1H3. The van der Waals surface area contributed by atoms with Gasteiger partial charge in [-0.3, -0.25) is 9.36 Å². The second kappa shape index (κ2) is 9.59. The first-order valence-electron chi connectivity index (χ1n) is 12.0. The fourth-order valence-corrected chi connectivity index (χ4v) is 6.96. The number of rotatable bonds is 6. The maximum absolute atomic E-state index is 13.9. The minimum atomic E-state index is -0.132. The Labute approximate surface area is 211 Å². The molecule has 6 rings (SSSR count). The molecule has 3 heterocycles. The summed E-state index contributed by atoms with van der Waals surface area (Å²) in [7, 11) is 0. The van der Waals surface area contributed by atoms with E-state index in [1.54, 1.807) is 15.9 Å². The van der Waals surface area contributed by atoms with E-state index in [0.717, 1.165) is 52.4 Å². The third kappa shape index (κ3) is 4.29. The van der Waals surface area contributed by atoms with Gasteiger partial charge in [-0.1, -0.05) is 23.9 Å². The first-order chi connectivity index (χ1) is 17.2. The summed E-state index contributed by atoms with van der Waals surface area (Å²) in [5.41, 5.74) is 2.00. The highest BCUT2D eigenvalue weighted by Crippen LogP contribution is 2.36. The SMILES string of the molecule is CCOc1ccc(-n2c(SCC3COc4ccccc4O3)nc3sc4c(c3c2=O)CCCC4)cc1. The lowest BCUT2D eigenvalue weighted by atomic mass is 9.97. The summed E-state index contributed by atoms with van der Waals surface area (Å²) in [6.07, 6.45) is 4.16. The molecule has 2 aliphatic rings. The van der Waals surface area contributed by atoms with Crippen molar-refractivity contribution in [3.05, 3.63) is 69.3 Å². The molecule has 0 amide bonds. The maximum atomic E-state index is 13.9. The van der Waals surface area contributed by atoms with Gasteiger partial charge in [-0.05, 0) is 74.6 Å². The molecule has 0 fully saturated rings. The van der Waals surface area contributed by atoms with Crippen LogP contribution < -0.4 is 19.8 Å². The number of thiophene rings is 1. The topological polar surface area (TPSA) is 62.6 Å². The van der Waals surface area contributed by atoms with Crippen molar-refractivity contribution in [2.45, 2.75) is 43.9 Å². The number of hydrogen-bond acceptors (Lipinski definition) is 7. The van der Waals surface area contributed by atoms with Gasteiger partial charge in [0.2, 0.25) is 0 Å². The van der Waals surface area contributed by atoms with Crippen molar-refractivity contribution in [2.75, 3.05) is 19.0 Å². The fourth-order valence-electron chi connectivity index (χ4n) is 4.68. The maximum Gasteiger partial charge on any atom is 0.267 e. The van der Waals surface area contributed by atoms with Crippen LogP contribution in [0, 0.1) is 0 Å². The molecular formula is C27H26N2O4S2. The van der Waals surface area contributed by atoms with Crippen LogP contribution in [0.15, 0.2) is 58.5 Å². The van der Waals surface area contributed by atoms with Gasteiger partial charge >= 0.3 is 0 Å². The van der Waals surface area contributed by atoms with Crippen molar-refractivity contribution in [3.8, 4) is 22.9 Å². The van der Waals surface area contributed by atoms with Crippen molar-refractivity contribution in [1.82, 2.24) is 9.55 Å². The van der Waals surface area contributed by atoms with Crippen molar-refractivity contribution in [2.24, 2.45) is 0 Å². The number of thioether (sulfide) groups is 1. The lowest BCUT2D eigenvalue weighted by Gasteiger charge is -2.26. The zero-order chi connectivity index (χ0) is 23.8. The number of para-hydroxylation sites is 2. The number of aryl methyl sites for hydroxylation is 2. The van der Waals surface area contributed by atoms with Crippen LogP contribution in [-0.2, 0) is 12.8 Å². The third-order valence-corrected chi connectivity index (χ3v) is 8.59. The Hall–Kier alpha value is -2.97. The van der Waals surface area contributed by atoms with Crippen LogP contribution in [0.5, 0.6) is 17.2 Å². The van der Waals surface area contributed by atoms with Crippen LogP contribution in [0.3, 0.4) is 0 Å². The molecule has 0 saturated heterocycles. The van der Waals surface area contributed by atoms with Gasteiger partial charge in [0.25, 0.3) is 5.56 Å². The minimum absolute atomic E-state index is 0.00668. The Kier molecular flexibility index (Phi) is 6.16. The van der Waals surface area contributed by atoms with Crippen LogP contribution in [0.2, 0.25) is 0 Å². The molecule has 0 bridgehead atoms. The number of benzene rings is 2. The van der Waals surface area contributed by atoms with Gasteiger partial charge in [0.15, 0.2) is 16.7 Å². The number of hydrogen-bond donors (Lipinski definition) is 0. The highest BCUT2D eigenvalue weighted by molar-refractivity contribution is 7.99. The Morgan fingerprint density at radius 3 is 2.74 bits per heavy atom. The lowest BCUT2D eigenvalue weighted by molar-refractivity contribution is 0.107. The van der Waals surface area contributed by atoms with E-state index in [0.29, 0.717) is 24.1 Å². The van der Waals surface area contributed by atoms with Crippen molar-refractivity contribution >= 4 is 33.3 Å². The number of fused-ring (bicyclic) bond motifs is 4. The van der Waals surface area contributed by atoms with E-state index in [2.05, 4.69) is 0 Å². The molecule has 1 aliphatic carbocycles. The molecule has 0 saturated carbocycles. The van der Waals surface area contributed by atoms with Crippen molar-refractivity contribution < 1.29 is 14.2 Å². The molecule has 35 heavy (non-hydrogen) atoms. The first kappa shape index (κ1) is 22.5. The third-order valence-electron chi connectivity index (χ3n) is 6.33. The summed E-state index contributed by atoms with van der Waals surface area (Å²) in [6, 6.07) is 15.4. The fraction of sp³-hybridized carbons (Fsp3) is 0.333. The Bertz CT molecular complexity index is 1430. The van der Waals surface area contributed by atoms with Crippen LogP contribution in [0.4, 0.5) is 0 Å². The lowest BCUT2D eigenvalue weighted by Crippen LogP contribution is -2.31. The Morgan fingerprint density at radius 2 is 1.91 bits per heavy atom. The van der Waals surface area contributed by atoms with E-state index in [1.807, 2.05) is 55.5 Å². The van der Waals surface area contributed by atoms with Crippen molar-refractivity contribution in [3.63, 3.8) is 0 Å². The molecule has 2 aromatic heterocycles. The summed E-state index contributed by atoms with van der Waals surface area (Å²) in [5, 5.41) is 1.46. The van der Waals surface area contributed by atoms with Crippen molar-refractivity contribution in [1.29, 1.82) is 0 Å². The molecule has 1 unspecified atom stereocenters. The molecule has 6 nitrogen and oxygen atoms in total. The molecule has 2 aromatic carbocycles. The molecule has 180 valence electrons. The molecule has 0 N–H and O–H groups in total. The quantitative estimate of drug-likeness (QED) is 0.249. The normalized spacial score (nSPS) is 16.8. The highest BCUT2D eigenvalue weighted by Gasteiger charge is 2.25. The summed E-state index contributed by atoms with van der Waals surface area (Å²) in [5.74, 6) is 2.92. The summed E-state index contributed by atoms with van der Waals surface area (Å²) in [4.78, 5) is 21.1. The van der Waals surface area contributed by atoms with Gasteiger partial charge in [-0.15, -0.1) is 11.3 Å². The predicted molar refractivity (Wildman–Crippen MR) is 140 cm³/mol. The van der Waals surface area contributed by atoms with Gasteiger partial charge in [0, 0.05) is 10.6 Å². The number of aromatic nitrogens is 2. The Morgan fingerprint density at radius 1 is 1.11 bits per heavy atom. The molecule has 1 atom stereocenters. The Balaban J connectivity index is 1.38. The van der Waals surface area contributed by atoms with E-state index in [4.69, 9.17) is 19.2 Å². The number of ether oxygens (including phenoxy) is 3. The zero-order valence-corrected chi connectivity index (χ0v) is 21.1. The number of nitrogens with zero attached hydrogens (tertiary/aromatic N) is 2. The molecule has 0 radical (unpaired) electrons. The second-order valence-electron chi connectivity index (χ2n) is 8.66. The van der Waals surface area contributed by atoms with Gasteiger partial charge in [-0.25, -0.2) is 4.98 Å². The van der Waals surface area contributed by atoms with Gasteiger partial charge in [-0.2, -0.15) is 0 Å². The average molecular weight is 507 g/mol. The smallest absolute Gasteiger partial charge is 0.267 e. The van der Waals surface area contributed by atoms with Gasteiger partial charge in [0.1, 0.15) is 23.3 Å². The first-order valence-corrected chi connectivity index (χ1v) is 13.8. The van der Waals surface area contributed by atoms with Gasteiger partial charge < -0.3 is 14.2 Å². The zero-order valence-electron chi connectivity index (χ0n) is 19.5.